The molecule has 0 aromatic rings. The van der Waals surface area contributed by atoms with Crippen molar-refractivity contribution in [2.45, 2.75) is 20.3 Å². The van der Waals surface area contributed by atoms with Crippen LogP contribution in [0.3, 0.4) is 0 Å². The Morgan fingerprint density at radius 2 is 1.62 bits per heavy atom. The Kier molecular flexibility index (Phi) is 32.0. The Morgan fingerprint density at radius 3 is 1.75 bits per heavy atom. The molecule has 0 saturated heterocycles. The maximum Gasteiger partial charge on any atom is -0.00517 e. The van der Waals surface area contributed by atoms with Crippen molar-refractivity contribution < 1.29 is 0 Å². The lowest BCUT2D eigenvalue weighted by molar-refractivity contribution is 0.703. The maximum atomic E-state index is 3.20. The van der Waals surface area contributed by atoms with Crippen molar-refractivity contribution in [3.63, 3.8) is 0 Å². The molecule has 0 rings (SSSR count). The van der Waals surface area contributed by atoms with E-state index < -0.39 is 0 Å². The van der Waals surface area contributed by atoms with Crippen LogP contribution in [0, 0.1) is 0 Å². The fraction of sp³-hybridized carbons (Fsp3) is 1.00. The lowest BCUT2D eigenvalue weighted by Crippen LogP contribution is -2.12. The van der Waals surface area contributed by atoms with Crippen molar-refractivity contribution >= 4 is 48.0 Å². The van der Waals surface area contributed by atoms with E-state index in [9.17, 15) is 0 Å². The number of halogens is 2. The maximum absolute atomic E-state index is 3.20. The van der Waals surface area contributed by atoms with Gasteiger partial charge in [-0.3, -0.25) is 0 Å². The van der Waals surface area contributed by atoms with Crippen molar-refractivity contribution in [2.24, 2.45) is 0 Å². The van der Waals surface area contributed by atoms with Gasteiger partial charge in [0.25, 0.3) is 0 Å². The summed E-state index contributed by atoms with van der Waals surface area (Å²) in [5, 5.41) is 3.20. The molecule has 0 aromatic heterocycles. The molecular formula is C5H15I2N. The van der Waals surface area contributed by atoms with Crippen molar-refractivity contribution in [1.29, 1.82) is 0 Å². The van der Waals surface area contributed by atoms with E-state index >= 15 is 0 Å². The predicted octanol–water partition coefficient (Wildman–Crippen LogP) is 2.24. The first-order valence-corrected chi connectivity index (χ1v) is 2.62. The van der Waals surface area contributed by atoms with Gasteiger partial charge in [0.15, 0.2) is 0 Å². The van der Waals surface area contributed by atoms with Gasteiger partial charge in [-0.25, -0.2) is 0 Å². The zero-order valence-corrected chi connectivity index (χ0v) is 10.1. The first-order valence-electron chi connectivity index (χ1n) is 2.62. The van der Waals surface area contributed by atoms with Gasteiger partial charge in [-0.15, -0.1) is 48.0 Å². The molecule has 0 heterocycles. The number of hydrogen-bond acceptors (Lipinski definition) is 1. The summed E-state index contributed by atoms with van der Waals surface area (Å²) in [6, 6.07) is 0. The van der Waals surface area contributed by atoms with Gasteiger partial charge in [-0.2, -0.15) is 0 Å². The highest BCUT2D eigenvalue weighted by Crippen LogP contribution is 1.65. The lowest BCUT2D eigenvalue weighted by Gasteiger charge is -1.91. The van der Waals surface area contributed by atoms with Gasteiger partial charge < -0.3 is 5.32 Å². The van der Waals surface area contributed by atoms with Gasteiger partial charge in [0.1, 0.15) is 0 Å². The van der Waals surface area contributed by atoms with Crippen LogP contribution in [0.5, 0.6) is 0 Å². The normalized spacial score (nSPS) is 6.75. The predicted molar refractivity (Wildman–Crippen MR) is 59.7 cm³/mol. The fourth-order valence-electron chi connectivity index (χ4n) is 0.354. The highest BCUT2D eigenvalue weighted by molar-refractivity contribution is 14.0. The Balaban J connectivity index is -0.000000125. The zero-order chi connectivity index (χ0) is 4.83. The quantitative estimate of drug-likeness (QED) is 0.612. The first-order chi connectivity index (χ1) is 2.91. The minimum Gasteiger partial charge on any atom is -0.317 e. The van der Waals surface area contributed by atoms with Crippen molar-refractivity contribution in [1.82, 2.24) is 5.32 Å². The van der Waals surface area contributed by atoms with Crippen LogP contribution >= 0.6 is 48.0 Å². The van der Waals surface area contributed by atoms with E-state index in [2.05, 4.69) is 19.2 Å². The molecule has 0 aromatic carbocycles. The summed E-state index contributed by atoms with van der Waals surface area (Å²) < 4.78 is 0. The molecule has 0 unspecified atom stereocenters. The smallest absolute Gasteiger partial charge is 0.00517 e. The minimum atomic E-state index is 0. The second kappa shape index (κ2) is 15.8. The summed E-state index contributed by atoms with van der Waals surface area (Å²) >= 11 is 0. The largest absolute Gasteiger partial charge is 0.317 e. The van der Waals surface area contributed by atoms with Gasteiger partial charge in [-0.05, 0) is 19.5 Å². The summed E-state index contributed by atoms with van der Waals surface area (Å²) in [6.07, 6.45) is 1.24. The monoisotopic (exact) mass is 343 g/mol. The molecule has 0 bridgehead atoms. The first kappa shape index (κ1) is 16.2. The topological polar surface area (TPSA) is 12.0 Å². The second-order valence-electron chi connectivity index (χ2n) is 1.35. The van der Waals surface area contributed by atoms with Gasteiger partial charge in [0.05, 0.1) is 0 Å². The van der Waals surface area contributed by atoms with Crippen LogP contribution in [-0.4, -0.2) is 13.1 Å². The van der Waals surface area contributed by atoms with Crippen LogP contribution in [0.1, 0.15) is 20.3 Å². The average Bonchev–Trinajstić information content (AvgIpc) is 1.61. The Labute approximate surface area is 86.0 Å². The molecule has 0 aliphatic heterocycles. The van der Waals surface area contributed by atoms with E-state index in [0.29, 0.717) is 0 Å². The van der Waals surface area contributed by atoms with Gasteiger partial charge in [0, 0.05) is 0 Å². The van der Waals surface area contributed by atoms with E-state index in [1.54, 1.807) is 0 Å². The van der Waals surface area contributed by atoms with Crippen LogP contribution in [0.15, 0.2) is 0 Å². The van der Waals surface area contributed by atoms with Gasteiger partial charge >= 0.3 is 0 Å². The molecule has 0 atom stereocenters. The fourth-order valence-corrected chi connectivity index (χ4v) is 0.354. The third-order valence-electron chi connectivity index (χ3n) is 0.677. The van der Waals surface area contributed by atoms with Crippen LogP contribution in [0.25, 0.3) is 0 Å². The number of rotatable bonds is 3. The Morgan fingerprint density at radius 1 is 1.12 bits per heavy atom. The lowest BCUT2D eigenvalue weighted by atomic mass is 10.5. The molecule has 0 saturated carbocycles. The number of hydrogen-bond donors (Lipinski definition) is 1. The average molecular weight is 343 g/mol. The summed E-state index contributed by atoms with van der Waals surface area (Å²) in [5.41, 5.74) is 0. The van der Waals surface area contributed by atoms with Crippen molar-refractivity contribution in [3.05, 3.63) is 0 Å². The molecule has 0 radical (unpaired) electrons. The molecule has 1 N–H and O–H groups in total. The molecule has 0 fully saturated rings. The summed E-state index contributed by atoms with van der Waals surface area (Å²) in [7, 11) is 0. The zero-order valence-electron chi connectivity index (χ0n) is 5.44. The molecule has 1 nitrogen and oxygen atoms in total. The van der Waals surface area contributed by atoms with Crippen LogP contribution in [-0.2, 0) is 0 Å². The SMILES string of the molecule is CCCNCC.I.I. The third kappa shape index (κ3) is 15.7. The highest BCUT2D eigenvalue weighted by atomic mass is 127. The summed E-state index contributed by atoms with van der Waals surface area (Å²) in [6.45, 7) is 6.56. The van der Waals surface area contributed by atoms with Crippen LogP contribution < -0.4 is 5.32 Å². The van der Waals surface area contributed by atoms with E-state index in [0.717, 1.165) is 13.1 Å². The van der Waals surface area contributed by atoms with E-state index in [1.807, 2.05) is 0 Å². The standard InChI is InChI=1S/C5H13N.2HI/c1-3-5-6-4-2;;/h6H,3-5H2,1-2H3;2*1H. The molecule has 0 amide bonds. The molecular weight excluding hydrogens is 328 g/mol. The third-order valence-corrected chi connectivity index (χ3v) is 0.677. The molecule has 8 heavy (non-hydrogen) atoms. The van der Waals surface area contributed by atoms with E-state index in [1.165, 1.54) is 6.42 Å². The highest BCUT2D eigenvalue weighted by Gasteiger charge is 1.71. The Hall–Kier alpha value is 1.42. The van der Waals surface area contributed by atoms with Crippen LogP contribution in [0.2, 0.25) is 0 Å². The molecule has 54 valence electrons. The van der Waals surface area contributed by atoms with Crippen LogP contribution in [0.4, 0.5) is 0 Å². The summed E-state index contributed by atoms with van der Waals surface area (Å²) in [5.74, 6) is 0. The van der Waals surface area contributed by atoms with Gasteiger partial charge in [0.2, 0.25) is 0 Å². The van der Waals surface area contributed by atoms with E-state index in [4.69, 9.17) is 0 Å². The summed E-state index contributed by atoms with van der Waals surface area (Å²) in [4.78, 5) is 0. The molecule has 3 heteroatoms. The van der Waals surface area contributed by atoms with Crippen molar-refractivity contribution in [3.8, 4) is 0 Å². The Bertz CT molecular complexity index is 22.4. The number of nitrogens with one attached hydrogen (secondary N) is 1. The van der Waals surface area contributed by atoms with Crippen molar-refractivity contribution in [2.75, 3.05) is 13.1 Å². The van der Waals surface area contributed by atoms with E-state index in [-0.39, 0.29) is 48.0 Å². The van der Waals surface area contributed by atoms with Gasteiger partial charge in [-0.1, -0.05) is 13.8 Å². The molecule has 0 aliphatic rings. The molecule has 0 aliphatic carbocycles. The second-order valence-corrected chi connectivity index (χ2v) is 1.35. The molecule has 0 spiro atoms. The minimum absolute atomic E-state index is 0.